The van der Waals surface area contributed by atoms with Crippen LogP contribution in [0.4, 0.5) is 0 Å². The van der Waals surface area contributed by atoms with Crippen molar-refractivity contribution >= 4 is 38.4 Å². The van der Waals surface area contributed by atoms with Crippen LogP contribution < -0.4 is 0 Å². The number of hydrogen-bond acceptors (Lipinski definition) is 5. The number of aromatic carboxylic acids is 1. The van der Waals surface area contributed by atoms with Crippen molar-refractivity contribution < 1.29 is 15.0 Å². The molecule has 0 radical (unpaired) electrons. The Balaban J connectivity index is 1.62. The van der Waals surface area contributed by atoms with E-state index in [2.05, 4.69) is 18.0 Å². The molecule has 0 bridgehead atoms. The molecule has 2 aromatic carbocycles. The smallest absolute Gasteiger partial charge is 0.338 e. The van der Waals surface area contributed by atoms with E-state index in [1.54, 1.807) is 30.5 Å². The van der Waals surface area contributed by atoms with E-state index in [4.69, 9.17) is 0 Å². The fourth-order valence-electron chi connectivity index (χ4n) is 4.65. The maximum absolute atomic E-state index is 12.3. The molecular formula is C28H23N3O3S. The quantitative estimate of drug-likeness (QED) is 0.281. The van der Waals surface area contributed by atoms with Gasteiger partial charge in [0.2, 0.25) is 0 Å². The van der Waals surface area contributed by atoms with Gasteiger partial charge in [-0.15, -0.1) is 11.3 Å². The summed E-state index contributed by atoms with van der Waals surface area (Å²) in [5.41, 5.74) is 3.31. The second-order valence-electron chi connectivity index (χ2n) is 8.38. The van der Waals surface area contributed by atoms with Crippen LogP contribution in [0.25, 0.3) is 32.2 Å². The Morgan fingerprint density at radius 3 is 2.57 bits per heavy atom. The number of unbranched alkanes of at least 4 members (excludes halogenated alkanes) is 1. The molecule has 0 spiro atoms. The van der Waals surface area contributed by atoms with Crippen LogP contribution in [0.3, 0.4) is 0 Å². The number of aliphatic hydroxyl groups is 1. The van der Waals surface area contributed by atoms with Crippen molar-refractivity contribution in [3.05, 3.63) is 88.6 Å². The highest BCUT2D eigenvalue weighted by molar-refractivity contribution is 7.20. The third-order valence-electron chi connectivity index (χ3n) is 6.28. The van der Waals surface area contributed by atoms with Gasteiger partial charge >= 0.3 is 5.97 Å². The van der Waals surface area contributed by atoms with E-state index in [9.17, 15) is 20.3 Å². The first-order valence-corrected chi connectivity index (χ1v) is 12.3. The molecule has 5 aromatic rings. The Kier molecular flexibility index (Phi) is 6.08. The van der Waals surface area contributed by atoms with Crippen molar-refractivity contribution in [1.29, 1.82) is 5.26 Å². The summed E-state index contributed by atoms with van der Waals surface area (Å²) in [4.78, 5) is 17.3. The van der Waals surface area contributed by atoms with Crippen LogP contribution in [0.5, 0.6) is 0 Å². The van der Waals surface area contributed by atoms with Crippen molar-refractivity contribution in [2.24, 2.45) is 0 Å². The van der Waals surface area contributed by atoms with Crippen molar-refractivity contribution in [3.63, 3.8) is 0 Å². The largest absolute Gasteiger partial charge is 0.478 e. The van der Waals surface area contributed by atoms with Gasteiger partial charge in [-0.3, -0.25) is 0 Å². The van der Waals surface area contributed by atoms with Crippen LogP contribution in [0.2, 0.25) is 0 Å². The van der Waals surface area contributed by atoms with Crippen molar-refractivity contribution in [3.8, 4) is 17.2 Å². The van der Waals surface area contributed by atoms with Gasteiger partial charge < -0.3 is 14.8 Å². The van der Waals surface area contributed by atoms with Crippen LogP contribution in [-0.4, -0.2) is 25.7 Å². The van der Waals surface area contributed by atoms with Gasteiger partial charge in [-0.05, 0) is 35.7 Å². The number of fused-ring (bicyclic) bond motifs is 2. The van der Waals surface area contributed by atoms with Gasteiger partial charge in [0.05, 0.1) is 11.3 Å². The number of benzene rings is 2. The predicted octanol–water partition coefficient (Wildman–Crippen LogP) is 6.37. The first-order valence-electron chi connectivity index (χ1n) is 11.5. The molecule has 0 aliphatic heterocycles. The molecule has 5 rings (SSSR count). The van der Waals surface area contributed by atoms with Gasteiger partial charge in [-0.25, -0.2) is 9.78 Å². The zero-order valence-electron chi connectivity index (χ0n) is 19.1. The number of carbonyl (C=O) groups is 1. The number of rotatable bonds is 7. The van der Waals surface area contributed by atoms with E-state index >= 15 is 0 Å². The number of aryl methyl sites for hydroxylation is 1. The first-order chi connectivity index (χ1) is 17.0. The normalized spacial score (nSPS) is 12.1. The Morgan fingerprint density at radius 1 is 1.11 bits per heavy atom. The third-order valence-corrected chi connectivity index (χ3v) is 7.35. The molecule has 1 atom stereocenters. The SMILES string of the molecule is CCCCn1c(C(O)c2ccc(-c3c(C#N)sc4ccccc34)cc2)c(C(=O)O)c2cccnc21. The topological polar surface area (TPSA) is 99.1 Å². The molecule has 3 aromatic heterocycles. The zero-order chi connectivity index (χ0) is 24.5. The number of carboxylic acids is 1. The summed E-state index contributed by atoms with van der Waals surface area (Å²) in [5, 5.41) is 32.7. The van der Waals surface area contributed by atoms with E-state index in [0.717, 1.165) is 34.1 Å². The highest BCUT2D eigenvalue weighted by atomic mass is 32.1. The summed E-state index contributed by atoms with van der Waals surface area (Å²) in [7, 11) is 0. The summed E-state index contributed by atoms with van der Waals surface area (Å²) in [5.74, 6) is -1.09. The predicted molar refractivity (Wildman–Crippen MR) is 138 cm³/mol. The molecule has 0 fully saturated rings. The van der Waals surface area contributed by atoms with Gasteiger partial charge in [0.25, 0.3) is 0 Å². The van der Waals surface area contributed by atoms with Crippen LogP contribution in [0.1, 0.15) is 52.4 Å². The van der Waals surface area contributed by atoms with Crippen molar-refractivity contribution in [2.75, 3.05) is 0 Å². The Hall–Kier alpha value is -3.99. The second kappa shape index (κ2) is 9.34. The molecule has 6 nitrogen and oxygen atoms in total. The standard InChI is InChI=1S/C28H23N3O3S/c1-2-3-15-31-25(24(28(33)34)20-8-6-14-30-27(20)31)26(32)18-12-10-17(11-13-18)23-19-7-4-5-9-21(19)35-22(23)16-29/h4-14,26,32H,2-3,15H2,1H3,(H,33,34). The van der Waals surface area contributed by atoms with Crippen LogP contribution in [0.15, 0.2) is 66.9 Å². The third kappa shape index (κ3) is 3.87. The average Bonchev–Trinajstić information content (AvgIpc) is 3.43. The number of aliphatic hydroxyl groups excluding tert-OH is 1. The molecule has 174 valence electrons. The Labute approximate surface area is 206 Å². The van der Waals surface area contributed by atoms with E-state index in [-0.39, 0.29) is 5.56 Å². The number of aromatic nitrogens is 2. The van der Waals surface area contributed by atoms with Crippen molar-refractivity contribution in [2.45, 2.75) is 32.4 Å². The van der Waals surface area contributed by atoms with Gasteiger partial charge in [0.15, 0.2) is 0 Å². The number of nitriles is 1. The minimum Gasteiger partial charge on any atom is -0.478 e. The molecule has 2 N–H and O–H groups in total. The molecule has 0 saturated carbocycles. The molecule has 0 saturated heterocycles. The number of nitrogens with zero attached hydrogens (tertiary/aromatic N) is 3. The number of carboxylic acid groups (broad SMARTS) is 1. The lowest BCUT2D eigenvalue weighted by molar-refractivity contribution is 0.0692. The van der Waals surface area contributed by atoms with Crippen molar-refractivity contribution in [1.82, 2.24) is 9.55 Å². The molecular weight excluding hydrogens is 458 g/mol. The summed E-state index contributed by atoms with van der Waals surface area (Å²) >= 11 is 1.46. The zero-order valence-corrected chi connectivity index (χ0v) is 19.9. The summed E-state index contributed by atoms with van der Waals surface area (Å²) in [6, 6.07) is 21.0. The van der Waals surface area contributed by atoms with E-state index in [1.807, 2.05) is 41.0 Å². The lowest BCUT2D eigenvalue weighted by Crippen LogP contribution is -2.13. The van der Waals surface area contributed by atoms with E-state index < -0.39 is 12.1 Å². The molecule has 35 heavy (non-hydrogen) atoms. The highest BCUT2D eigenvalue weighted by Crippen LogP contribution is 2.39. The van der Waals surface area contributed by atoms with E-state index in [1.165, 1.54) is 11.3 Å². The lowest BCUT2D eigenvalue weighted by Gasteiger charge is -2.17. The number of hydrogen-bond donors (Lipinski definition) is 2. The fourth-order valence-corrected chi connectivity index (χ4v) is 5.67. The van der Waals surface area contributed by atoms with Gasteiger partial charge in [-0.1, -0.05) is 55.8 Å². The maximum atomic E-state index is 12.3. The molecule has 0 aliphatic rings. The van der Waals surface area contributed by atoms with Crippen LogP contribution >= 0.6 is 11.3 Å². The van der Waals surface area contributed by atoms with E-state index in [0.29, 0.717) is 33.7 Å². The summed E-state index contributed by atoms with van der Waals surface area (Å²) < 4.78 is 2.88. The van der Waals surface area contributed by atoms with Crippen LogP contribution in [0, 0.1) is 11.3 Å². The van der Waals surface area contributed by atoms with Gasteiger partial charge in [-0.2, -0.15) is 5.26 Å². The lowest BCUT2D eigenvalue weighted by atomic mass is 9.97. The van der Waals surface area contributed by atoms with Crippen LogP contribution in [-0.2, 0) is 6.54 Å². The molecule has 0 aliphatic carbocycles. The summed E-state index contributed by atoms with van der Waals surface area (Å²) in [6.45, 7) is 2.63. The number of pyridine rings is 1. The minimum atomic E-state index is -1.14. The molecule has 0 amide bonds. The van der Waals surface area contributed by atoms with Gasteiger partial charge in [0, 0.05) is 33.8 Å². The monoisotopic (exact) mass is 481 g/mol. The Morgan fingerprint density at radius 2 is 1.86 bits per heavy atom. The maximum Gasteiger partial charge on any atom is 0.338 e. The average molecular weight is 482 g/mol. The molecule has 1 unspecified atom stereocenters. The highest BCUT2D eigenvalue weighted by Gasteiger charge is 2.28. The van der Waals surface area contributed by atoms with Gasteiger partial charge in [0.1, 0.15) is 22.7 Å². The molecule has 7 heteroatoms. The second-order valence-corrected chi connectivity index (χ2v) is 9.44. The molecule has 3 heterocycles. The fraction of sp³-hybridized carbons (Fsp3) is 0.179. The number of thiophene rings is 1. The Bertz CT molecular complexity index is 1590. The summed E-state index contributed by atoms with van der Waals surface area (Å²) in [6.07, 6.45) is 2.25. The first kappa shape index (κ1) is 22.8. The minimum absolute atomic E-state index is 0.0800.